The average molecular weight is 531 g/mol. The third kappa shape index (κ3) is 7.24. The number of ketones is 1. The minimum atomic E-state index is -5.16. The number of benzene rings is 1. The van der Waals surface area contributed by atoms with E-state index in [1.54, 1.807) is 42.5 Å². The molecular formula is C25H24F3N5O5. The number of ether oxygens (including phenoxy) is 1. The van der Waals surface area contributed by atoms with Gasteiger partial charge in [0.2, 0.25) is 5.91 Å². The highest BCUT2D eigenvalue weighted by atomic mass is 19.4. The zero-order chi connectivity index (χ0) is 27.9. The van der Waals surface area contributed by atoms with E-state index in [1.807, 2.05) is 0 Å². The summed E-state index contributed by atoms with van der Waals surface area (Å²) < 4.78 is 45.0. The van der Waals surface area contributed by atoms with E-state index in [1.165, 1.54) is 26.2 Å². The molecule has 200 valence electrons. The Hall–Kier alpha value is -4.55. The maximum atomic E-state index is 13.2. The van der Waals surface area contributed by atoms with Crippen molar-refractivity contribution in [1.29, 1.82) is 0 Å². The minimum Gasteiger partial charge on any atom is -0.444 e. The number of hydrogen-bond donors (Lipinski definition) is 2. The lowest BCUT2D eigenvalue weighted by Gasteiger charge is -2.23. The van der Waals surface area contributed by atoms with Crippen LogP contribution in [0.5, 0.6) is 0 Å². The van der Waals surface area contributed by atoms with Gasteiger partial charge in [-0.1, -0.05) is 44.2 Å². The molecule has 1 aromatic carbocycles. The molecule has 0 radical (unpaired) electrons. The van der Waals surface area contributed by atoms with Crippen LogP contribution >= 0.6 is 0 Å². The van der Waals surface area contributed by atoms with E-state index in [0.717, 1.165) is 10.8 Å². The maximum Gasteiger partial charge on any atom is 0.452 e. The van der Waals surface area contributed by atoms with Gasteiger partial charge in [0.05, 0.1) is 12.2 Å². The summed E-state index contributed by atoms with van der Waals surface area (Å²) in [6, 6.07) is 9.65. The maximum absolute atomic E-state index is 13.2. The molecule has 0 bridgehead atoms. The van der Waals surface area contributed by atoms with Crippen molar-refractivity contribution in [2.45, 2.75) is 39.2 Å². The molecule has 2 aromatic heterocycles. The second-order valence-electron chi connectivity index (χ2n) is 8.46. The number of rotatable bonds is 9. The molecule has 1 atom stereocenters. The zero-order valence-electron chi connectivity index (χ0n) is 20.4. The number of amides is 2. The monoisotopic (exact) mass is 531 g/mol. The molecule has 0 saturated carbocycles. The highest BCUT2D eigenvalue weighted by Gasteiger charge is 2.45. The first-order chi connectivity index (χ1) is 18.0. The van der Waals surface area contributed by atoms with Crippen LogP contribution in [0.15, 0.2) is 65.8 Å². The number of alkyl halides is 3. The fourth-order valence-electron chi connectivity index (χ4n) is 3.39. The largest absolute Gasteiger partial charge is 0.452 e. The first-order valence-electron chi connectivity index (χ1n) is 11.4. The van der Waals surface area contributed by atoms with E-state index in [9.17, 15) is 32.3 Å². The topological polar surface area (TPSA) is 132 Å². The summed E-state index contributed by atoms with van der Waals surface area (Å²) in [5.74, 6) is -3.99. The predicted molar refractivity (Wildman–Crippen MR) is 130 cm³/mol. The van der Waals surface area contributed by atoms with Gasteiger partial charge < -0.3 is 10.1 Å². The quantitative estimate of drug-likeness (QED) is 0.433. The van der Waals surface area contributed by atoms with Gasteiger partial charge in [-0.3, -0.25) is 29.3 Å². The fourth-order valence-corrected chi connectivity index (χ4v) is 3.39. The highest BCUT2D eigenvalue weighted by molar-refractivity contribution is 5.93. The Morgan fingerprint density at radius 2 is 1.71 bits per heavy atom. The lowest BCUT2D eigenvalue weighted by Crippen LogP contribution is -2.51. The Balaban J connectivity index is 1.87. The molecule has 0 fully saturated rings. The van der Waals surface area contributed by atoms with Gasteiger partial charge >= 0.3 is 12.3 Å². The first kappa shape index (κ1) is 28.0. The Labute approximate surface area is 214 Å². The molecule has 3 rings (SSSR count). The van der Waals surface area contributed by atoms with Crippen molar-refractivity contribution < 1.29 is 32.3 Å². The molecule has 0 saturated heterocycles. The van der Waals surface area contributed by atoms with Gasteiger partial charge in [-0.25, -0.2) is 9.78 Å². The molecule has 0 aliphatic rings. The first-order valence-corrected chi connectivity index (χ1v) is 11.4. The molecule has 2 heterocycles. The number of carbonyl (C=O) groups is 3. The number of hydrogen-bond acceptors (Lipinski definition) is 7. The van der Waals surface area contributed by atoms with Crippen molar-refractivity contribution in [2.24, 2.45) is 5.92 Å². The minimum absolute atomic E-state index is 0.0182. The van der Waals surface area contributed by atoms with Crippen molar-refractivity contribution >= 4 is 23.5 Å². The van der Waals surface area contributed by atoms with Gasteiger partial charge in [0, 0.05) is 18.0 Å². The second kappa shape index (κ2) is 12.1. The van der Waals surface area contributed by atoms with E-state index < -0.39 is 48.0 Å². The lowest BCUT2D eigenvalue weighted by molar-refractivity contribution is -0.174. The van der Waals surface area contributed by atoms with Crippen molar-refractivity contribution in [3.05, 3.63) is 77.0 Å². The SMILES string of the molecule is CC(C)C(NC(=O)Cn1c(-c2ccccc2)ncc(NC(=O)OCc2ccncc2)c1=O)C(=O)C(F)(F)F. The van der Waals surface area contributed by atoms with Crippen LogP contribution in [0.25, 0.3) is 11.4 Å². The number of nitrogens with zero attached hydrogens (tertiary/aromatic N) is 3. The van der Waals surface area contributed by atoms with Gasteiger partial charge in [0.25, 0.3) is 11.3 Å². The molecule has 38 heavy (non-hydrogen) atoms. The molecule has 0 aliphatic carbocycles. The standard InChI is InChI=1S/C25H24F3N5O5/c1-15(2)20(21(35)25(26,27)28)32-19(34)13-33-22(17-6-4-3-5-7-17)30-12-18(23(33)36)31-24(37)38-14-16-8-10-29-11-9-16/h3-12,15,20H,13-14H2,1-2H3,(H,31,37)(H,32,34). The zero-order valence-corrected chi connectivity index (χ0v) is 20.4. The Kier molecular flexibility index (Phi) is 8.94. The predicted octanol–water partition coefficient (Wildman–Crippen LogP) is 3.33. The third-order valence-electron chi connectivity index (χ3n) is 5.28. The fraction of sp³-hybridized carbons (Fsp3) is 0.280. The summed E-state index contributed by atoms with van der Waals surface area (Å²) in [5.41, 5.74) is -0.118. The molecule has 3 aromatic rings. The van der Waals surface area contributed by atoms with Crippen LogP contribution in [-0.2, 0) is 27.5 Å². The van der Waals surface area contributed by atoms with Gasteiger partial charge in [-0.15, -0.1) is 0 Å². The van der Waals surface area contributed by atoms with Crippen LogP contribution in [0.4, 0.5) is 23.7 Å². The molecule has 1 unspecified atom stereocenters. The van der Waals surface area contributed by atoms with Gasteiger partial charge in [-0.05, 0) is 23.6 Å². The van der Waals surface area contributed by atoms with Crippen molar-refractivity contribution in [3.8, 4) is 11.4 Å². The third-order valence-corrected chi connectivity index (χ3v) is 5.28. The van der Waals surface area contributed by atoms with Crippen LogP contribution < -0.4 is 16.2 Å². The van der Waals surface area contributed by atoms with E-state index in [4.69, 9.17) is 4.74 Å². The second-order valence-corrected chi connectivity index (χ2v) is 8.46. The summed E-state index contributed by atoms with van der Waals surface area (Å²) in [6.45, 7) is 1.82. The number of carbonyl (C=O) groups excluding carboxylic acids is 3. The number of Topliss-reactive ketones (excluding diaryl/α,β-unsaturated/α-hetero) is 1. The van der Waals surface area contributed by atoms with E-state index >= 15 is 0 Å². The molecule has 13 heteroatoms. The summed E-state index contributed by atoms with van der Waals surface area (Å²) in [6.07, 6.45) is -2.02. The number of pyridine rings is 1. The Morgan fingerprint density at radius 3 is 2.32 bits per heavy atom. The van der Waals surface area contributed by atoms with Crippen molar-refractivity contribution in [3.63, 3.8) is 0 Å². The van der Waals surface area contributed by atoms with Crippen LogP contribution in [0.1, 0.15) is 19.4 Å². The van der Waals surface area contributed by atoms with Crippen LogP contribution in [-0.4, -0.2) is 44.5 Å². The number of aromatic nitrogens is 3. The number of halogens is 3. The molecule has 2 amide bonds. The lowest BCUT2D eigenvalue weighted by atomic mass is 9.99. The molecule has 10 nitrogen and oxygen atoms in total. The van der Waals surface area contributed by atoms with Crippen LogP contribution in [0, 0.1) is 5.92 Å². The summed E-state index contributed by atoms with van der Waals surface area (Å²) in [4.78, 5) is 58.1. The van der Waals surface area contributed by atoms with E-state index in [0.29, 0.717) is 11.1 Å². The summed E-state index contributed by atoms with van der Waals surface area (Å²) in [5, 5.41) is 4.33. The normalized spacial score (nSPS) is 12.1. The Bertz CT molecular complexity index is 1340. The van der Waals surface area contributed by atoms with Gasteiger partial charge in [0.15, 0.2) is 0 Å². The summed E-state index contributed by atoms with van der Waals surface area (Å²) >= 11 is 0. The Morgan fingerprint density at radius 1 is 1.05 bits per heavy atom. The molecule has 0 aliphatic heterocycles. The molecule has 2 N–H and O–H groups in total. The van der Waals surface area contributed by atoms with E-state index in [-0.39, 0.29) is 18.1 Å². The number of anilines is 1. The van der Waals surface area contributed by atoms with Gasteiger partial charge in [0.1, 0.15) is 24.7 Å². The number of nitrogens with one attached hydrogen (secondary N) is 2. The average Bonchev–Trinajstić information content (AvgIpc) is 2.88. The van der Waals surface area contributed by atoms with Crippen molar-refractivity contribution in [2.75, 3.05) is 5.32 Å². The molecular weight excluding hydrogens is 507 g/mol. The molecule has 0 spiro atoms. The van der Waals surface area contributed by atoms with Crippen LogP contribution in [0.3, 0.4) is 0 Å². The smallest absolute Gasteiger partial charge is 0.444 e. The highest BCUT2D eigenvalue weighted by Crippen LogP contribution is 2.21. The van der Waals surface area contributed by atoms with Crippen LogP contribution in [0.2, 0.25) is 0 Å². The van der Waals surface area contributed by atoms with E-state index in [2.05, 4.69) is 20.6 Å². The van der Waals surface area contributed by atoms with Gasteiger partial charge in [-0.2, -0.15) is 13.2 Å². The summed E-state index contributed by atoms with van der Waals surface area (Å²) in [7, 11) is 0. The van der Waals surface area contributed by atoms with Crippen molar-refractivity contribution in [1.82, 2.24) is 19.9 Å².